The zero-order valence-electron chi connectivity index (χ0n) is 10.0. The van der Waals surface area contributed by atoms with Crippen LogP contribution in [0, 0.1) is 5.82 Å². The molecule has 2 aromatic rings. The lowest BCUT2D eigenvalue weighted by molar-refractivity contribution is -0.182. The van der Waals surface area contributed by atoms with Crippen LogP contribution >= 0.6 is 0 Å². The SMILES string of the molecule is Nc1ccc(-c2nnnn2C2(C(F)(F)F)CC2)c(F)c1. The molecule has 0 atom stereocenters. The summed E-state index contributed by atoms with van der Waals surface area (Å²) in [4.78, 5) is 0. The molecule has 0 unspecified atom stereocenters. The van der Waals surface area contributed by atoms with E-state index in [1.807, 2.05) is 0 Å². The number of aromatic nitrogens is 4. The molecule has 1 saturated carbocycles. The fourth-order valence-electron chi connectivity index (χ4n) is 2.09. The van der Waals surface area contributed by atoms with Crippen LogP contribution in [0.15, 0.2) is 18.2 Å². The molecule has 1 aliphatic rings. The van der Waals surface area contributed by atoms with Crippen LogP contribution in [0.1, 0.15) is 12.8 Å². The lowest BCUT2D eigenvalue weighted by atomic mass is 10.1. The van der Waals surface area contributed by atoms with Gasteiger partial charge in [-0.1, -0.05) is 0 Å². The van der Waals surface area contributed by atoms with Gasteiger partial charge in [-0.25, -0.2) is 9.07 Å². The van der Waals surface area contributed by atoms with E-state index in [4.69, 9.17) is 5.73 Å². The Morgan fingerprint density at radius 2 is 1.95 bits per heavy atom. The molecule has 0 amide bonds. The highest BCUT2D eigenvalue weighted by Gasteiger charge is 2.66. The first kappa shape index (κ1) is 12.8. The molecular formula is C11H9F4N5. The van der Waals surface area contributed by atoms with Crippen molar-refractivity contribution in [3.63, 3.8) is 0 Å². The summed E-state index contributed by atoms with van der Waals surface area (Å²) in [5, 5.41) is 10.2. The highest BCUT2D eigenvalue weighted by molar-refractivity contribution is 5.60. The van der Waals surface area contributed by atoms with Gasteiger partial charge < -0.3 is 5.73 Å². The number of hydrogen-bond donors (Lipinski definition) is 1. The molecule has 1 aromatic carbocycles. The van der Waals surface area contributed by atoms with Crippen LogP contribution in [-0.2, 0) is 5.54 Å². The fraction of sp³-hybridized carbons (Fsp3) is 0.364. The fourth-order valence-corrected chi connectivity index (χ4v) is 2.09. The van der Waals surface area contributed by atoms with Gasteiger partial charge in [0.1, 0.15) is 5.82 Å². The average Bonchev–Trinajstić information content (AvgIpc) is 3.03. The van der Waals surface area contributed by atoms with Crippen molar-refractivity contribution in [2.24, 2.45) is 0 Å². The smallest absolute Gasteiger partial charge is 0.399 e. The van der Waals surface area contributed by atoms with Gasteiger partial charge in [-0.05, 0) is 41.5 Å². The Labute approximate surface area is 110 Å². The number of nitrogens with two attached hydrogens (primary N) is 1. The number of rotatable bonds is 2. The molecule has 0 radical (unpaired) electrons. The molecule has 0 saturated heterocycles. The second kappa shape index (κ2) is 3.90. The highest BCUT2D eigenvalue weighted by Crippen LogP contribution is 2.55. The number of halogens is 4. The third kappa shape index (κ3) is 1.73. The van der Waals surface area contributed by atoms with Crippen LogP contribution in [0.4, 0.5) is 23.2 Å². The van der Waals surface area contributed by atoms with Crippen LogP contribution in [0.25, 0.3) is 11.4 Å². The number of hydrogen-bond acceptors (Lipinski definition) is 4. The van der Waals surface area contributed by atoms with Crippen molar-refractivity contribution in [2.45, 2.75) is 24.6 Å². The summed E-state index contributed by atoms with van der Waals surface area (Å²) >= 11 is 0. The van der Waals surface area contributed by atoms with Crippen LogP contribution in [0.5, 0.6) is 0 Å². The molecule has 0 aliphatic heterocycles. The third-order valence-corrected chi connectivity index (χ3v) is 3.36. The van der Waals surface area contributed by atoms with Gasteiger partial charge in [-0.3, -0.25) is 0 Å². The molecule has 106 valence electrons. The molecule has 3 rings (SSSR count). The van der Waals surface area contributed by atoms with E-state index < -0.39 is 17.5 Å². The number of benzene rings is 1. The highest BCUT2D eigenvalue weighted by atomic mass is 19.4. The third-order valence-electron chi connectivity index (χ3n) is 3.36. The molecule has 5 nitrogen and oxygen atoms in total. The summed E-state index contributed by atoms with van der Waals surface area (Å²) < 4.78 is 53.8. The Kier molecular flexibility index (Phi) is 2.50. The molecule has 0 spiro atoms. The van der Waals surface area contributed by atoms with Gasteiger partial charge in [0.15, 0.2) is 11.4 Å². The molecule has 1 aliphatic carbocycles. The average molecular weight is 287 g/mol. The molecule has 2 N–H and O–H groups in total. The van der Waals surface area contributed by atoms with Gasteiger partial charge in [-0.15, -0.1) is 5.10 Å². The van der Waals surface area contributed by atoms with Crippen LogP contribution in [0.2, 0.25) is 0 Å². The molecular weight excluding hydrogens is 278 g/mol. The lowest BCUT2D eigenvalue weighted by Crippen LogP contribution is -2.36. The van der Waals surface area contributed by atoms with Gasteiger partial charge in [0, 0.05) is 5.69 Å². The number of nitrogens with zero attached hydrogens (tertiary/aromatic N) is 4. The summed E-state index contributed by atoms with van der Waals surface area (Å²) in [5.74, 6) is -1.02. The Morgan fingerprint density at radius 3 is 2.50 bits per heavy atom. The van der Waals surface area contributed by atoms with Gasteiger partial charge in [0.25, 0.3) is 0 Å². The van der Waals surface area contributed by atoms with E-state index in [1.54, 1.807) is 0 Å². The molecule has 1 fully saturated rings. The molecule has 1 heterocycles. The Balaban J connectivity index is 2.12. The summed E-state index contributed by atoms with van der Waals surface area (Å²) in [6, 6.07) is 3.66. The largest absolute Gasteiger partial charge is 0.413 e. The first-order valence-corrected chi connectivity index (χ1v) is 5.76. The molecule has 0 bridgehead atoms. The summed E-state index contributed by atoms with van der Waals surface area (Å²) in [7, 11) is 0. The lowest BCUT2D eigenvalue weighted by Gasteiger charge is -2.20. The quantitative estimate of drug-likeness (QED) is 0.678. The maximum Gasteiger partial charge on any atom is 0.413 e. The van der Waals surface area contributed by atoms with Crippen LogP contribution < -0.4 is 5.73 Å². The standard InChI is InChI=1S/C11H9F4N5/c12-8-5-6(16)1-2-7(8)9-17-18-19-20(9)10(3-4-10)11(13,14)15/h1-2,5H,3-4,16H2. The van der Waals surface area contributed by atoms with Crippen LogP contribution in [0.3, 0.4) is 0 Å². The van der Waals surface area contributed by atoms with E-state index >= 15 is 0 Å². The minimum Gasteiger partial charge on any atom is -0.399 e. The monoisotopic (exact) mass is 287 g/mol. The second-order valence-electron chi connectivity index (χ2n) is 4.68. The van der Waals surface area contributed by atoms with E-state index in [2.05, 4.69) is 15.5 Å². The van der Waals surface area contributed by atoms with Gasteiger partial charge in [0.2, 0.25) is 0 Å². The van der Waals surface area contributed by atoms with Gasteiger partial charge >= 0.3 is 6.18 Å². The Bertz CT molecular complexity index is 659. The van der Waals surface area contributed by atoms with E-state index in [0.29, 0.717) is 4.68 Å². The second-order valence-corrected chi connectivity index (χ2v) is 4.68. The predicted molar refractivity (Wildman–Crippen MR) is 60.9 cm³/mol. The van der Waals surface area contributed by atoms with E-state index in [9.17, 15) is 17.6 Å². The van der Waals surface area contributed by atoms with Crippen molar-refractivity contribution in [1.82, 2.24) is 20.2 Å². The normalized spacial score (nSPS) is 17.2. The first-order valence-electron chi connectivity index (χ1n) is 5.76. The topological polar surface area (TPSA) is 69.6 Å². The summed E-state index contributed by atoms with van der Waals surface area (Å²) in [6.45, 7) is 0. The maximum absolute atomic E-state index is 13.8. The Hall–Kier alpha value is -2.19. The minimum absolute atomic E-state index is 0.111. The zero-order valence-corrected chi connectivity index (χ0v) is 10.0. The number of alkyl halides is 3. The molecule has 9 heteroatoms. The predicted octanol–water partition coefficient (Wildman–Crippen LogP) is 2.11. The van der Waals surface area contributed by atoms with E-state index in [0.717, 1.165) is 6.07 Å². The maximum atomic E-state index is 13.8. The summed E-state index contributed by atoms with van der Waals surface area (Å²) in [6.07, 6.45) is -4.72. The summed E-state index contributed by atoms with van der Waals surface area (Å²) in [5.41, 5.74) is 3.34. The van der Waals surface area contributed by atoms with Crippen molar-refractivity contribution in [3.8, 4) is 11.4 Å². The van der Waals surface area contributed by atoms with E-state index in [1.165, 1.54) is 12.1 Å². The van der Waals surface area contributed by atoms with Crippen molar-refractivity contribution < 1.29 is 17.6 Å². The van der Waals surface area contributed by atoms with Gasteiger partial charge in [-0.2, -0.15) is 13.2 Å². The van der Waals surface area contributed by atoms with Crippen LogP contribution in [-0.4, -0.2) is 26.4 Å². The van der Waals surface area contributed by atoms with Crippen molar-refractivity contribution in [3.05, 3.63) is 24.0 Å². The van der Waals surface area contributed by atoms with Crippen molar-refractivity contribution in [2.75, 3.05) is 5.73 Å². The Morgan fingerprint density at radius 1 is 1.25 bits per heavy atom. The number of tetrazole rings is 1. The first-order chi connectivity index (χ1) is 9.35. The number of anilines is 1. The minimum atomic E-state index is -4.48. The molecule has 20 heavy (non-hydrogen) atoms. The van der Waals surface area contributed by atoms with Gasteiger partial charge in [0.05, 0.1) is 5.56 Å². The van der Waals surface area contributed by atoms with E-state index in [-0.39, 0.29) is 29.9 Å². The van der Waals surface area contributed by atoms with Crippen molar-refractivity contribution >= 4 is 5.69 Å². The van der Waals surface area contributed by atoms with Crippen molar-refractivity contribution in [1.29, 1.82) is 0 Å². The molecule has 1 aromatic heterocycles. The zero-order chi connectivity index (χ0) is 14.5. The number of nitrogen functional groups attached to an aromatic ring is 1.